The topological polar surface area (TPSA) is 53.1 Å². The van der Waals surface area contributed by atoms with Gasteiger partial charge in [0.1, 0.15) is 0 Å². The van der Waals surface area contributed by atoms with Crippen molar-refractivity contribution in [3.8, 4) is 0 Å². The minimum atomic E-state index is -0.0762. The van der Waals surface area contributed by atoms with Crippen molar-refractivity contribution >= 4 is 0 Å². The molecule has 0 aromatic carbocycles. The van der Waals surface area contributed by atoms with Crippen molar-refractivity contribution in [2.24, 2.45) is 5.73 Å². The molecular weight excluding hydrogens is 178 g/mol. The lowest BCUT2D eigenvalue weighted by Crippen LogP contribution is -2.24. The highest BCUT2D eigenvalue weighted by Gasteiger charge is 2.15. The molecule has 1 heterocycles. The zero-order valence-electron chi connectivity index (χ0n) is 9.16. The second-order valence-electron chi connectivity index (χ2n) is 4.02. The van der Waals surface area contributed by atoms with Crippen LogP contribution in [0, 0.1) is 0 Å². The Kier molecular flexibility index (Phi) is 3.66. The first-order valence-electron chi connectivity index (χ1n) is 4.83. The molecule has 14 heavy (non-hydrogen) atoms. The number of methoxy groups -OCH3 is 1. The first-order chi connectivity index (χ1) is 6.57. The maximum absolute atomic E-state index is 5.47. The van der Waals surface area contributed by atoms with Crippen molar-refractivity contribution in [2.75, 3.05) is 7.11 Å². The summed E-state index contributed by atoms with van der Waals surface area (Å²) in [5.74, 6) is 0. The molecule has 4 heteroatoms. The van der Waals surface area contributed by atoms with Gasteiger partial charge in [0, 0.05) is 26.4 Å². The normalized spacial score (nSPS) is 12.0. The first kappa shape index (κ1) is 11.2. The molecule has 0 amide bonds. The van der Waals surface area contributed by atoms with E-state index in [2.05, 4.69) is 18.8 Å². The summed E-state index contributed by atoms with van der Waals surface area (Å²) in [6, 6.07) is 0. The van der Waals surface area contributed by atoms with Crippen LogP contribution < -0.4 is 5.73 Å². The third kappa shape index (κ3) is 3.12. The molecule has 0 atom stereocenters. The Morgan fingerprint density at radius 2 is 2.29 bits per heavy atom. The summed E-state index contributed by atoms with van der Waals surface area (Å²) in [6.07, 6.45) is 4.75. The molecule has 0 unspecified atom stereocenters. The van der Waals surface area contributed by atoms with E-state index in [0.717, 1.165) is 18.7 Å². The minimum Gasteiger partial charge on any atom is -0.379 e. The summed E-state index contributed by atoms with van der Waals surface area (Å²) < 4.78 is 7.38. The number of nitrogens with zero attached hydrogens (tertiary/aromatic N) is 2. The van der Waals surface area contributed by atoms with Gasteiger partial charge in [0.15, 0.2) is 0 Å². The van der Waals surface area contributed by atoms with Crippen molar-refractivity contribution < 1.29 is 4.74 Å². The molecule has 0 radical (unpaired) electrons. The fourth-order valence-corrected chi connectivity index (χ4v) is 1.13. The predicted octanol–water partition coefficient (Wildman–Crippen LogP) is 1.16. The van der Waals surface area contributed by atoms with Crippen molar-refractivity contribution in [3.05, 3.63) is 18.2 Å². The average molecular weight is 197 g/mol. The molecule has 80 valence electrons. The van der Waals surface area contributed by atoms with Gasteiger partial charge in [-0.2, -0.15) is 0 Å². The van der Waals surface area contributed by atoms with Crippen LogP contribution in [0.15, 0.2) is 12.5 Å². The Bertz CT molecular complexity index is 281. The van der Waals surface area contributed by atoms with Gasteiger partial charge in [-0.25, -0.2) is 4.98 Å². The highest BCUT2D eigenvalue weighted by Crippen LogP contribution is 2.14. The molecule has 1 rings (SSSR count). The van der Waals surface area contributed by atoms with Gasteiger partial charge < -0.3 is 15.0 Å². The van der Waals surface area contributed by atoms with Crippen LogP contribution >= 0.6 is 0 Å². The molecule has 0 spiro atoms. The monoisotopic (exact) mass is 197 g/mol. The van der Waals surface area contributed by atoms with Gasteiger partial charge in [-0.05, 0) is 20.3 Å². The molecule has 0 saturated heterocycles. The Morgan fingerprint density at radius 1 is 1.57 bits per heavy atom. The molecule has 1 aromatic heterocycles. The number of ether oxygens (including phenoxy) is 1. The third-order valence-electron chi connectivity index (χ3n) is 2.42. The highest BCUT2D eigenvalue weighted by molar-refractivity contribution is 4.95. The zero-order chi connectivity index (χ0) is 10.6. The van der Waals surface area contributed by atoms with Gasteiger partial charge in [-0.1, -0.05) is 0 Å². The van der Waals surface area contributed by atoms with E-state index in [0.29, 0.717) is 6.54 Å². The number of aryl methyl sites for hydroxylation is 1. The minimum absolute atomic E-state index is 0.0762. The maximum Gasteiger partial charge on any atom is 0.0949 e. The molecular formula is C10H19N3O. The van der Waals surface area contributed by atoms with Gasteiger partial charge in [0.05, 0.1) is 17.6 Å². The van der Waals surface area contributed by atoms with Crippen molar-refractivity contribution in [2.45, 2.75) is 39.0 Å². The molecule has 1 aromatic rings. The van der Waals surface area contributed by atoms with E-state index in [-0.39, 0.29) is 5.60 Å². The summed E-state index contributed by atoms with van der Waals surface area (Å²) in [4.78, 5) is 4.16. The lowest BCUT2D eigenvalue weighted by molar-refractivity contribution is 0.0120. The third-order valence-corrected chi connectivity index (χ3v) is 2.42. The van der Waals surface area contributed by atoms with Crippen LogP contribution in [0.5, 0.6) is 0 Å². The van der Waals surface area contributed by atoms with Crippen LogP contribution in [0.25, 0.3) is 0 Å². The maximum atomic E-state index is 5.47. The second-order valence-corrected chi connectivity index (χ2v) is 4.02. The smallest absolute Gasteiger partial charge is 0.0949 e. The van der Waals surface area contributed by atoms with E-state index in [1.54, 1.807) is 7.11 Å². The van der Waals surface area contributed by atoms with E-state index in [4.69, 9.17) is 10.5 Å². The Labute approximate surface area is 85.1 Å². The number of aromatic nitrogens is 2. The summed E-state index contributed by atoms with van der Waals surface area (Å²) in [5, 5.41) is 0. The Hall–Kier alpha value is -0.870. The van der Waals surface area contributed by atoms with E-state index < -0.39 is 0 Å². The highest BCUT2D eigenvalue weighted by atomic mass is 16.5. The lowest BCUT2D eigenvalue weighted by Gasteiger charge is -2.22. The molecule has 4 nitrogen and oxygen atoms in total. The van der Waals surface area contributed by atoms with Crippen LogP contribution in [0.2, 0.25) is 0 Å². The zero-order valence-corrected chi connectivity index (χ0v) is 9.16. The fraction of sp³-hybridized carbons (Fsp3) is 0.700. The van der Waals surface area contributed by atoms with E-state index in [1.165, 1.54) is 0 Å². The van der Waals surface area contributed by atoms with Crippen LogP contribution in [-0.2, 0) is 17.8 Å². The fourth-order valence-electron chi connectivity index (χ4n) is 1.13. The van der Waals surface area contributed by atoms with Crippen molar-refractivity contribution in [1.82, 2.24) is 9.55 Å². The number of nitrogens with two attached hydrogens (primary N) is 1. The number of hydrogen-bond donors (Lipinski definition) is 1. The second kappa shape index (κ2) is 4.57. The Morgan fingerprint density at radius 3 is 2.79 bits per heavy atom. The number of hydrogen-bond acceptors (Lipinski definition) is 3. The molecule has 2 N–H and O–H groups in total. The van der Waals surface area contributed by atoms with E-state index in [9.17, 15) is 0 Å². The number of rotatable bonds is 5. The number of imidazole rings is 1. The van der Waals surface area contributed by atoms with Crippen LogP contribution in [-0.4, -0.2) is 22.3 Å². The molecule has 0 saturated carbocycles. The van der Waals surface area contributed by atoms with Crippen LogP contribution in [0.1, 0.15) is 26.0 Å². The molecule has 0 aliphatic rings. The van der Waals surface area contributed by atoms with Gasteiger partial charge in [0.25, 0.3) is 0 Å². The SMILES string of the molecule is COC(C)(C)CCn1cnc(CN)c1. The van der Waals surface area contributed by atoms with Gasteiger partial charge in [-0.15, -0.1) is 0 Å². The molecule has 0 aliphatic carbocycles. The van der Waals surface area contributed by atoms with Gasteiger partial charge in [0.2, 0.25) is 0 Å². The van der Waals surface area contributed by atoms with Gasteiger partial charge in [-0.3, -0.25) is 0 Å². The quantitative estimate of drug-likeness (QED) is 0.770. The van der Waals surface area contributed by atoms with Gasteiger partial charge >= 0.3 is 0 Å². The average Bonchev–Trinajstić information content (AvgIpc) is 2.63. The van der Waals surface area contributed by atoms with Crippen LogP contribution in [0.4, 0.5) is 0 Å². The van der Waals surface area contributed by atoms with E-state index >= 15 is 0 Å². The largest absolute Gasteiger partial charge is 0.379 e. The summed E-state index contributed by atoms with van der Waals surface area (Å²) in [7, 11) is 1.74. The summed E-state index contributed by atoms with van der Waals surface area (Å²) in [5.41, 5.74) is 6.33. The Balaban J connectivity index is 2.45. The molecule has 0 aliphatic heterocycles. The molecule has 0 bridgehead atoms. The summed E-state index contributed by atoms with van der Waals surface area (Å²) >= 11 is 0. The summed E-state index contributed by atoms with van der Waals surface area (Å²) in [6.45, 7) is 5.57. The van der Waals surface area contributed by atoms with Crippen molar-refractivity contribution in [1.29, 1.82) is 0 Å². The van der Waals surface area contributed by atoms with Crippen molar-refractivity contribution in [3.63, 3.8) is 0 Å². The standard InChI is InChI=1S/C10H19N3O/c1-10(2,14-3)4-5-13-7-9(6-11)12-8-13/h7-8H,4-6,11H2,1-3H3. The predicted molar refractivity (Wildman–Crippen MR) is 55.8 cm³/mol. The van der Waals surface area contributed by atoms with Crippen LogP contribution in [0.3, 0.4) is 0 Å². The van der Waals surface area contributed by atoms with E-state index in [1.807, 2.05) is 17.1 Å². The molecule has 0 fully saturated rings. The lowest BCUT2D eigenvalue weighted by atomic mass is 10.1. The first-order valence-corrected chi connectivity index (χ1v) is 4.83.